The van der Waals surface area contributed by atoms with Crippen molar-refractivity contribution in [3.05, 3.63) is 17.6 Å². The third-order valence-electron chi connectivity index (χ3n) is 3.08. The lowest BCUT2D eigenvalue weighted by molar-refractivity contribution is 0.428. The molecular weight excluding hydrogens is 200 g/mol. The Bertz CT molecular complexity index is 402. The highest BCUT2D eigenvalue weighted by Crippen LogP contribution is 2.31. The molecule has 84 valence electrons. The number of nitriles is 1. The van der Waals surface area contributed by atoms with Gasteiger partial charge in [0.25, 0.3) is 0 Å². The summed E-state index contributed by atoms with van der Waals surface area (Å²) in [6, 6.07) is 3.78. The first-order chi connectivity index (χ1) is 7.83. The fourth-order valence-corrected chi connectivity index (χ4v) is 2.19. The van der Waals surface area contributed by atoms with Gasteiger partial charge in [0.15, 0.2) is 0 Å². The van der Waals surface area contributed by atoms with Gasteiger partial charge < -0.3 is 5.32 Å². The lowest BCUT2D eigenvalue weighted by Crippen LogP contribution is -2.11. The second kappa shape index (κ2) is 4.93. The van der Waals surface area contributed by atoms with Gasteiger partial charge in [-0.3, -0.25) is 0 Å². The Hall–Kier alpha value is -1.63. The molecule has 0 unspecified atom stereocenters. The second-order valence-electron chi connectivity index (χ2n) is 4.19. The number of hydrogen-bond donors (Lipinski definition) is 1. The maximum atomic E-state index is 8.91. The number of hydrogen-bond acceptors (Lipinski definition) is 4. The molecule has 0 saturated heterocycles. The molecule has 1 saturated carbocycles. The minimum atomic E-state index is 0.439. The van der Waals surface area contributed by atoms with Crippen LogP contribution in [-0.2, 0) is 0 Å². The molecule has 0 aromatic carbocycles. The third-order valence-corrected chi connectivity index (χ3v) is 3.08. The standard InChI is InChI=1S/C12H16N4/c1-14-11-7-10(8-13)15-12(16-11)9-5-3-2-4-6-9/h7,9H,2-6H2,1H3,(H,14,15,16). The molecule has 1 aliphatic carbocycles. The van der Waals surface area contributed by atoms with Crippen LogP contribution < -0.4 is 5.32 Å². The highest BCUT2D eigenvalue weighted by Gasteiger charge is 2.19. The van der Waals surface area contributed by atoms with Gasteiger partial charge >= 0.3 is 0 Å². The van der Waals surface area contributed by atoms with Gasteiger partial charge in [0.05, 0.1) is 0 Å². The van der Waals surface area contributed by atoms with Gasteiger partial charge in [-0.15, -0.1) is 0 Å². The first-order valence-electron chi connectivity index (χ1n) is 5.80. The molecule has 0 radical (unpaired) electrons. The smallest absolute Gasteiger partial charge is 0.146 e. The molecule has 0 amide bonds. The molecule has 1 fully saturated rings. The van der Waals surface area contributed by atoms with Crippen LogP contribution in [0.4, 0.5) is 5.82 Å². The van der Waals surface area contributed by atoms with Crippen LogP contribution in [0, 0.1) is 11.3 Å². The van der Waals surface area contributed by atoms with E-state index in [0.717, 1.165) is 24.5 Å². The van der Waals surface area contributed by atoms with E-state index in [-0.39, 0.29) is 0 Å². The van der Waals surface area contributed by atoms with Crippen LogP contribution in [-0.4, -0.2) is 17.0 Å². The second-order valence-corrected chi connectivity index (χ2v) is 4.19. The van der Waals surface area contributed by atoms with E-state index in [2.05, 4.69) is 21.4 Å². The summed E-state index contributed by atoms with van der Waals surface area (Å²) in [5.41, 5.74) is 0.458. The topological polar surface area (TPSA) is 61.6 Å². The monoisotopic (exact) mass is 216 g/mol. The van der Waals surface area contributed by atoms with Crippen molar-refractivity contribution in [3.63, 3.8) is 0 Å². The van der Waals surface area contributed by atoms with Crippen molar-refractivity contribution < 1.29 is 0 Å². The zero-order chi connectivity index (χ0) is 11.4. The maximum Gasteiger partial charge on any atom is 0.146 e. The van der Waals surface area contributed by atoms with Crippen molar-refractivity contribution in [1.29, 1.82) is 5.26 Å². The van der Waals surface area contributed by atoms with Crippen molar-refractivity contribution in [1.82, 2.24) is 9.97 Å². The quantitative estimate of drug-likeness (QED) is 0.824. The van der Waals surface area contributed by atoms with Crippen molar-refractivity contribution >= 4 is 5.82 Å². The van der Waals surface area contributed by atoms with Crippen LogP contribution in [0.15, 0.2) is 6.07 Å². The minimum Gasteiger partial charge on any atom is -0.373 e. The molecule has 0 atom stereocenters. The largest absolute Gasteiger partial charge is 0.373 e. The average molecular weight is 216 g/mol. The maximum absolute atomic E-state index is 8.91. The Balaban J connectivity index is 2.28. The van der Waals surface area contributed by atoms with E-state index in [4.69, 9.17) is 5.26 Å². The minimum absolute atomic E-state index is 0.439. The van der Waals surface area contributed by atoms with E-state index in [1.165, 1.54) is 19.3 Å². The molecule has 0 aliphatic heterocycles. The van der Waals surface area contributed by atoms with E-state index in [1.807, 2.05) is 7.05 Å². The van der Waals surface area contributed by atoms with Crippen LogP contribution in [0.5, 0.6) is 0 Å². The predicted molar refractivity (Wildman–Crippen MR) is 62.1 cm³/mol. The molecule has 2 rings (SSSR count). The highest BCUT2D eigenvalue weighted by atomic mass is 15.0. The fraction of sp³-hybridized carbons (Fsp3) is 0.583. The first kappa shape index (κ1) is 10.9. The molecule has 4 nitrogen and oxygen atoms in total. The van der Waals surface area contributed by atoms with Crippen molar-refractivity contribution in [2.75, 3.05) is 12.4 Å². The van der Waals surface area contributed by atoms with Crippen LogP contribution in [0.25, 0.3) is 0 Å². The Kier molecular flexibility index (Phi) is 3.35. The van der Waals surface area contributed by atoms with Crippen LogP contribution >= 0.6 is 0 Å². The summed E-state index contributed by atoms with van der Waals surface area (Å²) < 4.78 is 0. The summed E-state index contributed by atoms with van der Waals surface area (Å²) in [5.74, 6) is 2.02. The summed E-state index contributed by atoms with van der Waals surface area (Å²) in [6.07, 6.45) is 6.11. The van der Waals surface area contributed by atoms with Gasteiger partial charge in [-0.1, -0.05) is 19.3 Å². The summed E-state index contributed by atoms with van der Waals surface area (Å²) in [7, 11) is 1.81. The Morgan fingerprint density at radius 3 is 2.69 bits per heavy atom. The van der Waals surface area contributed by atoms with E-state index in [0.29, 0.717) is 11.6 Å². The number of nitrogens with one attached hydrogen (secondary N) is 1. The lowest BCUT2D eigenvalue weighted by atomic mass is 9.88. The average Bonchev–Trinajstić information content (AvgIpc) is 2.39. The van der Waals surface area contributed by atoms with Gasteiger partial charge in [-0.2, -0.15) is 5.26 Å². The predicted octanol–water partition coefficient (Wildman–Crippen LogP) is 2.44. The number of nitrogens with zero attached hydrogens (tertiary/aromatic N) is 3. The van der Waals surface area contributed by atoms with Crippen molar-refractivity contribution in [3.8, 4) is 6.07 Å². The van der Waals surface area contributed by atoms with Gasteiger partial charge in [-0.25, -0.2) is 9.97 Å². The SMILES string of the molecule is CNc1cc(C#N)nc(C2CCCCC2)n1. The molecular formula is C12H16N4. The zero-order valence-corrected chi connectivity index (χ0v) is 9.53. The molecule has 1 N–H and O–H groups in total. The van der Waals surface area contributed by atoms with Crippen molar-refractivity contribution in [2.24, 2.45) is 0 Å². The molecule has 16 heavy (non-hydrogen) atoms. The molecule has 1 aromatic rings. The molecule has 1 aliphatic rings. The zero-order valence-electron chi connectivity index (χ0n) is 9.53. The lowest BCUT2D eigenvalue weighted by Gasteiger charge is -2.20. The summed E-state index contributed by atoms with van der Waals surface area (Å²) in [5, 5.41) is 11.9. The molecule has 1 heterocycles. The van der Waals surface area contributed by atoms with Gasteiger partial charge in [0, 0.05) is 19.0 Å². The van der Waals surface area contributed by atoms with Crippen LogP contribution in [0.2, 0.25) is 0 Å². The third kappa shape index (κ3) is 2.30. The number of rotatable bonds is 2. The van der Waals surface area contributed by atoms with Crippen LogP contribution in [0.1, 0.15) is 49.5 Å². The number of anilines is 1. The van der Waals surface area contributed by atoms with E-state index >= 15 is 0 Å². The molecule has 1 aromatic heterocycles. The summed E-state index contributed by atoms with van der Waals surface area (Å²) in [4.78, 5) is 8.76. The highest BCUT2D eigenvalue weighted by molar-refractivity contribution is 5.39. The fourth-order valence-electron chi connectivity index (χ4n) is 2.19. The Morgan fingerprint density at radius 1 is 1.31 bits per heavy atom. The van der Waals surface area contributed by atoms with E-state index < -0.39 is 0 Å². The Morgan fingerprint density at radius 2 is 2.06 bits per heavy atom. The number of aromatic nitrogens is 2. The van der Waals surface area contributed by atoms with Gasteiger partial charge in [0.1, 0.15) is 23.4 Å². The molecule has 0 spiro atoms. The molecule has 4 heteroatoms. The summed E-state index contributed by atoms with van der Waals surface area (Å²) in [6.45, 7) is 0. The van der Waals surface area contributed by atoms with Gasteiger partial charge in [0.2, 0.25) is 0 Å². The van der Waals surface area contributed by atoms with E-state index in [1.54, 1.807) is 6.07 Å². The van der Waals surface area contributed by atoms with Crippen molar-refractivity contribution in [2.45, 2.75) is 38.0 Å². The van der Waals surface area contributed by atoms with E-state index in [9.17, 15) is 0 Å². The first-order valence-corrected chi connectivity index (χ1v) is 5.80. The van der Waals surface area contributed by atoms with Gasteiger partial charge in [-0.05, 0) is 12.8 Å². The molecule has 0 bridgehead atoms. The summed E-state index contributed by atoms with van der Waals surface area (Å²) >= 11 is 0. The Labute approximate surface area is 95.7 Å². The normalized spacial score (nSPS) is 16.8. The van der Waals surface area contributed by atoms with Crippen LogP contribution in [0.3, 0.4) is 0 Å².